The maximum Gasteiger partial charge on any atom is 0.338 e. The molecule has 46 heavy (non-hydrogen) atoms. The van der Waals surface area contributed by atoms with Crippen molar-refractivity contribution in [2.45, 2.75) is 54.2 Å². The number of benzene rings is 6. The fourth-order valence-electron chi connectivity index (χ4n) is 8.85. The van der Waals surface area contributed by atoms with E-state index in [9.17, 15) is 0 Å². The summed E-state index contributed by atoms with van der Waals surface area (Å²) >= 11 is 0. The van der Waals surface area contributed by atoms with E-state index in [-0.39, 0.29) is 30.3 Å². The Bertz CT molecular complexity index is 2140. The van der Waals surface area contributed by atoms with Crippen molar-refractivity contribution < 1.29 is 4.79 Å². The van der Waals surface area contributed by atoms with Gasteiger partial charge in [-0.15, -0.1) is 0 Å². The number of urea groups is 1. The molecule has 0 fully saturated rings. The normalized spacial score (nSPS) is 15.2. The fourth-order valence-corrected chi connectivity index (χ4v) is 8.85. The summed E-state index contributed by atoms with van der Waals surface area (Å²) in [5.41, 5.74) is 9.50. The number of carbonyl (C=O) groups excluding carboxylic acids is 1. The molecule has 0 aliphatic carbocycles. The molecule has 3 aliphatic rings. The summed E-state index contributed by atoms with van der Waals surface area (Å²) in [5, 5.41) is 7.32. The molecular formula is C41H38B2N2O. The number of carbonyl (C=O) groups is 1. The molecule has 0 aromatic heterocycles. The Morgan fingerprint density at radius 3 is 1.37 bits per heavy atom. The monoisotopic (exact) mass is 596 g/mol. The van der Waals surface area contributed by atoms with Crippen LogP contribution >= 0.6 is 0 Å². The van der Waals surface area contributed by atoms with Gasteiger partial charge in [0.25, 0.3) is 0 Å². The molecule has 0 unspecified atom stereocenters. The van der Waals surface area contributed by atoms with Crippen molar-refractivity contribution >= 4 is 96.4 Å². The van der Waals surface area contributed by atoms with Crippen molar-refractivity contribution in [2.75, 3.05) is 9.80 Å². The maximum atomic E-state index is 15.4. The molecule has 0 spiro atoms. The summed E-state index contributed by atoms with van der Waals surface area (Å²) in [7, 11) is 0. The van der Waals surface area contributed by atoms with Gasteiger partial charge in [0.1, 0.15) is 0 Å². The summed E-state index contributed by atoms with van der Waals surface area (Å²) in [6.45, 7) is 14.4. The lowest BCUT2D eigenvalue weighted by Gasteiger charge is -2.47. The summed E-state index contributed by atoms with van der Waals surface area (Å²) in [4.78, 5) is 19.5. The molecular weight excluding hydrogens is 558 g/mol. The minimum atomic E-state index is 0.0187. The van der Waals surface area contributed by atoms with E-state index in [0.717, 1.165) is 35.4 Å². The van der Waals surface area contributed by atoms with Gasteiger partial charge in [0, 0.05) is 16.8 Å². The topological polar surface area (TPSA) is 23.6 Å². The number of rotatable bonds is 2. The molecule has 9 rings (SSSR count). The van der Waals surface area contributed by atoms with Crippen LogP contribution in [0.1, 0.15) is 41.5 Å². The SMILES string of the molecule is CC(C)(C)CB1c2ccc3ccc4c5c3c2N(C(=O)N5c2ccc3ccccc3c2B4CC(C)(C)C)c2ccc3ccccc3c21. The Balaban J connectivity index is 1.42. The first-order valence-electron chi connectivity index (χ1n) is 16.8. The third kappa shape index (κ3) is 3.84. The van der Waals surface area contributed by atoms with Gasteiger partial charge in [0.15, 0.2) is 0 Å². The second-order valence-corrected chi connectivity index (χ2v) is 16.1. The molecule has 0 N–H and O–H groups in total. The van der Waals surface area contributed by atoms with Crippen LogP contribution in [-0.4, -0.2) is 19.5 Å². The van der Waals surface area contributed by atoms with Gasteiger partial charge < -0.3 is 0 Å². The van der Waals surface area contributed by atoms with Crippen molar-refractivity contribution in [1.82, 2.24) is 0 Å². The minimum Gasteiger partial charge on any atom is -0.263 e. The molecule has 0 saturated carbocycles. The number of nitrogens with zero attached hydrogens (tertiary/aromatic N) is 2. The molecule has 3 nitrogen and oxygen atoms in total. The third-order valence-electron chi connectivity index (χ3n) is 10.5. The van der Waals surface area contributed by atoms with Gasteiger partial charge in [-0.2, -0.15) is 0 Å². The summed E-state index contributed by atoms with van der Waals surface area (Å²) in [6, 6.07) is 35.4. The van der Waals surface area contributed by atoms with Crippen LogP contribution in [0.15, 0.2) is 97.1 Å². The van der Waals surface area contributed by atoms with E-state index in [2.05, 4.69) is 148 Å². The van der Waals surface area contributed by atoms with Crippen molar-refractivity contribution in [3.05, 3.63) is 97.1 Å². The molecule has 0 radical (unpaired) electrons. The van der Waals surface area contributed by atoms with Crippen LogP contribution in [-0.2, 0) is 0 Å². The molecule has 6 aromatic rings. The Hall–Kier alpha value is -4.50. The van der Waals surface area contributed by atoms with Crippen molar-refractivity contribution in [3.63, 3.8) is 0 Å². The quantitative estimate of drug-likeness (QED) is 0.184. The lowest BCUT2D eigenvalue weighted by molar-refractivity contribution is 0.255. The first-order valence-corrected chi connectivity index (χ1v) is 16.8. The molecule has 3 aliphatic heterocycles. The highest BCUT2D eigenvalue weighted by atomic mass is 16.2. The Kier molecular flexibility index (Phi) is 5.61. The van der Waals surface area contributed by atoms with E-state index in [4.69, 9.17) is 0 Å². The van der Waals surface area contributed by atoms with Gasteiger partial charge in [-0.25, -0.2) is 4.79 Å². The lowest BCUT2D eigenvalue weighted by atomic mass is 9.32. The highest BCUT2D eigenvalue weighted by Gasteiger charge is 2.48. The van der Waals surface area contributed by atoms with Crippen LogP contribution in [0.2, 0.25) is 12.6 Å². The van der Waals surface area contributed by atoms with Crippen molar-refractivity contribution in [2.24, 2.45) is 10.8 Å². The minimum absolute atomic E-state index is 0.0187. The van der Waals surface area contributed by atoms with E-state index in [1.165, 1.54) is 54.2 Å². The lowest BCUT2D eigenvalue weighted by Crippen LogP contribution is -2.60. The fraction of sp³-hybridized carbons (Fsp3) is 0.244. The van der Waals surface area contributed by atoms with Crippen molar-refractivity contribution in [1.29, 1.82) is 0 Å². The summed E-state index contributed by atoms with van der Waals surface area (Å²) in [6.07, 6.45) is 1.99. The zero-order valence-electron chi connectivity index (χ0n) is 27.6. The molecule has 3 heterocycles. The van der Waals surface area contributed by atoms with Gasteiger partial charge in [-0.05, 0) is 71.7 Å². The van der Waals surface area contributed by atoms with Gasteiger partial charge in [-0.1, -0.05) is 139 Å². The van der Waals surface area contributed by atoms with Crippen LogP contribution in [0.4, 0.5) is 27.5 Å². The largest absolute Gasteiger partial charge is 0.338 e. The second-order valence-electron chi connectivity index (χ2n) is 16.1. The van der Waals surface area contributed by atoms with Gasteiger partial charge in [-0.3, -0.25) is 9.80 Å². The average Bonchev–Trinajstić information content (AvgIpc) is 3.02. The first kappa shape index (κ1) is 27.8. The standard InChI is InChI=1S/C41H38B2N2O/c1-40(2,3)23-42-30-19-15-27-16-20-31-38-34(27)37(30)44(32-21-17-25-11-7-9-13-28(25)35(32)42)39(46)45(38)33-22-18-26-12-8-10-14-29(26)36(33)43(31)24-41(4,5)6/h7-22H,23-24H2,1-6H3. The van der Waals surface area contributed by atoms with Crippen LogP contribution < -0.4 is 31.7 Å². The second kappa shape index (κ2) is 9.28. The molecule has 0 atom stereocenters. The summed E-state index contributed by atoms with van der Waals surface area (Å²) in [5.74, 6) is 0. The average molecular weight is 596 g/mol. The van der Waals surface area contributed by atoms with Gasteiger partial charge >= 0.3 is 6.03 Å². The van der Waals surface area contributed by atoms with E-state index >= 15 is 4.79 Å². The Labute approximate surface area is 272 Å². The van der Waals surface area contributed by atoms with Gasteiger partial charge in [0.05, 0.1) is 11.4 Å². The van der Waals surface area contributed by atoms with Crippen LogP contribution in [0.3, 0.4) is 0 Å². The zero-order chi connectivity index (χ0) is 31.7. The Morgan fingerprint density at radius 1 is 0.522 bits per heavy atom. The van der Waals surface area contributed by atoms with E-state index in [1.807, 2.05) is 0 Å². The highest BCUT2D eigenvalue weighted by Crippen LogP contribution is 2.49. The van der Waals surface area contributed by atoms with E-state index < -0.39 is 0 Å². The number of amides is 2. The van der Waals surface area contributed by atoms with Crippen molar-refractivity contribution in [3.8, 4) is 0 Å². The molecule has 0 bridgehead atoms. The molecule has 5 heteroatoms. The predicted molar refractivity (Wildman–Crippen MR) is 200 cm³/mol. The number of fused-ring (bicyclic) bond motifs is 8. The number of hydrogen-bond acceptors (Lipinski definition) is 1. The molecule has 2 amide bonds. The molecule has 6 aromatic carbocycles. The van der Waals surface area contributed by atoms with Crippen LogP contribution in [0, 0.1) is 10.8 Å². The van der Waals surface area contributed by atoms with Crippen LogP contribution in [0.5, 0.6) is 0 Å². The first-order chi connectivity index (χ1) is 22.0. The highest BCUT2D eigenvalue weighted by molar-refractivity contribution is 6.92. The number of anilines is 4. The smallest absolute Gasteiger partial charge is 0.263 e. The zero-order valence-corrected chi connectivity index (χ0v) is 27.6. The number of hydrogen-bond donors (Lipinski definition) is 0. The molecule has 224 valence electrons. The van der Waals surface area contributed by atoms with Gasteiger partial charge in [0.2, 0.25) is 13.4 Å². The molecule has 0 saturated heterocycles. The van der Waals surface area contributed by atoms with E-state index in [1.54, 1.807) is 0 Å². The van der Waals surface area contributed by atoms with E-state index in [0.29, 0.717) is 0 Å². The third-order valence-corrected chi connectivity index (χ3v) is 10.5. The Morgan fingerprint density at radius 2 is 0.935 bits per heavy atom. The van der Waals surface area contributed by atoms with Crippen LogP contribution in [0.25, 0.3) is 32.3 Å². The maximum absolute atomic E-state index is 15.4. The predicted octanol–water partition coefficient (Wildman–Crippen LogP) is 8.49. The summed E-state index contributed by atoms with van der Waals surface area (Å²) < 4.78 is 0.